The van der Waals surface area contributed by atoms with Crippen LogP contribution in [0.2, 0.25) is 0 Å². The number of halogens is 2. The van der Waals surface area contributed by atoms with Crippen LogP contribution >= 0.6 is 15.9 Å². The van der Waals surface area contributed by atoms with Crippen molar-refractivity contribution in [3.05, 3.63) is 34.3 Å². The van der Waals surface area contributed by atoms with E-state index in [9.17, 15) is 4.39 Å². The molecule has 1 aliphatic rings. The summed E-state index contributed by atoms with van der Waals surface area (Å²) in [6.45, 7) is 4.45. The predicted molar refractivity (Wildman–Crippen MR) is 75.5 cm³/mol. The highest BCUT2D eigenvalue weighted by Gasteiger charge is 2.18. The van der Waals surface area contributed by atoms with Crippen LogP contribution in [-0.4, -0.2) is 41.2 Å². The molecule has 0 amide bonds. The fraction of sp³-hybridized carbons (Fsp3) is 0.385. The molecular formula is C13H14BrFN4O. The minimum absolute atomic E-state index is 0.208. The number of nitrogens with zero attached hydrogens (tertiary/aromatic N) is 3. The minimum Gasteiger partial charge on any atom is -0.334 e. The van der Waals surface area contributed by atoms with E-state index in [1.165, 1.54) is 6.07 Å². The first-order valence-electron chi connectivity index (χ1n) is 6.44. The summed E-state index contributed by atoms with van der Waals surface area (Å²) in [5.74, 6) is 0.411. The molecule has 7 heteroatoms. The van der Waals surface area contributed by atoms with Crippen molar-refractivity contribution in [1.82, 2.24) is 20.4 Å². The van der Waals surface area contributed by atoms with Gasteiger partial charge >= 0.3 is 0 Å². The molecule has 5 nitrogen and oxygen atoms in total. The smallest absolute Gasteiger partial charge is 0.262 e. The molecule has 0 radical (unpaired) electrons. The lowest BCUT2D eigenvalue weighted by atomic mass is 10.2. The molecule has 0 atom stereocenters. The van der Waals surface area contributed by atoms with Crippen LogP contribution < -0.4 is 5.32 Å². The first-order chi connectivity index (χ1) is 9.74. The van der Waals surface area contributed by atoms with Gasteiger partial charge in [0.25, 0.3) is 5.89 Å². The monoisotopic (exact) mass is 340 g/mol. The fourth-order valence-electron chi connectivity index (χ4n) is 2.19. The zero-order valence-corrected chi connectivity index (χ0v) is 12.4. The van der Waals surface area contributed by atoms with Gasteiger partial charge in [0.1, 0.15) is 5.82 Å². The van der Waals surface area contributed by atoms with E-state index in [1.807, 2.05) is 0 Å². The molecule has 1 N–H and O–H groups in total. The topological polar surface area (TPSA) is 54.2 Å². The largest absolute Gasteiger partial charge is 0.334 e. The summed E-state index contributed by atoms with van der Waals surface area (Å²) >= 11 is 3.31. The van der Waals surface area contributed by atoms with Gasteiger partial charge in [-0.2, -0.15) is 4.98 Å². The number of nitrogens with one attached hydrogen (secondary N) is 1. The molecule has 0 saturated carbocycles. The van der Waals surface area contributed by atoms with Crippen molar-refractivity contribution >= 4 is 15.9 Å². The van der Waals surface area contributed by atoms with Crippen LogP contribution in [0.5, 0.6) is 0 Å². The maximum absolute atomic E-state index is 13.8. The first kappa shape index (κ1) is 13.7. The maximum atomic E-state index is 13.8. The third kappa shape index (κ3) is 2.89. The lowest BCUT2D eigenvalue weighted by molar-refractivity contribution is 0.225. The van der Waals surface area contributed by atoms with Crippen LogP contribution in [0, 0.1) is 5.82 Å². The molecule has 1 fully saturated rings. The minimum atomic E-state index is -0.378. The third-order valence-corrected chi connectivity index (χ3v) is 3.88. The van der Waals surface area contributed by atoms with Gasteiger partial charge in [0.15, 0.2) is 5.82 Å². The van der Waals surface area contributed by atoms with Gasteiger partial charge in [-0.1, -0.05) is 11.2 Å². The van der Waals surface area contributed by atoms with Crippen molar-refractivity contribution in [2.24, 2.45) is 0 Å². The fourth-order valence-corrected chi connectivity index (χ4v) is 2.70. The molecule has 1 aromatic carbocycles. The van der Waals surface area contributed by atoms with E-state index in [2.05, 4.69) is 36.3 Å². The van der Waals surface area contributed by atoms with Crippen LogP contribution in [0.1, 0.15) is 5.82 Å². The summed E-state index contributed by atoms with van der Waals surface area (Å²) in [6, 6.07) is 4.75. The lowest BCUT2D eigenvalue weighted by Gasteiger charge is -2.25. The molecule has 3 rings (SSSR count). The van der Waals surface area contributed by atoms with E-state index >= 15 is 0 Å². The quantitative estimate of drug-likeness (QED) is 0.926. The number of hydrogen-bond acceptors (Lipinski definition) is 5. The van der Waals surface area contributed by atoms with Gasteiger partial charge < -0.3 is 9.84 Å². The Morgan fingerprint density at radius 1 is 1.35 bits per heavy atom. The van der Waals surface area contributed by atoms with E-state index < -0.39 is 0 Å². The van der Waals surface area contributed by atoms with Gasteiger partial charge in [-0.05, 0) is 28.1 Å². The molecule has 1 aliphatic heterocycles. The number of rotatable bonds is 3. The Morgan fingerprint density at radius 3 is 2.90 bits per heavy atom. The molecule has 1 saturated heterocycles. The number of aromatic nitrogens is 2. The van der Waals surface area contributed by atoms with Crippen molar-refractivity contribution in [2.75, 3.05) is 26.2 Å². The average Bonchev–Trinajstić information content (AvgIpc) is 2.88. The van der Waals surface area contributed by atoms with Gasteiger partial charge in [0.2, 0.25) is 0 Å². The Kier molecular flexibility index (Phi) is 4.09. The normalized spacial score (nSPS) is 16.5. The van der Waals surface area contributed by atoms with Gasteiger partial charge in [-0.25, -0.2) is 4.39 Å². The Labute approximate surface area is 124 Å². The van der Waals surface area contributed by atoms with E-state index in [0.717, 1.165) is 26.2 Å². The Morgan fingerprint density at radius 2 is 2.15 bits per heavy atom. The van der Waals surface area contributed by atoms with Crippen molar-refractivity contribution < 1.29 is 8.91 Å². The van der Waals surface area contributed by atoms with Crippen LogP contribution in [0.25, 0.3) is 11.5 Å². The standard InChI is InChI=1S/C13H14BrFN4O/c14-9-2-1-3-10(15)12(9)13-17-11(18-20-13)8-19-6-4-16-5-7-19/h1-3,16H,4-8H2. The van der Waals surface area contributed by atoms with Crippen LogP contribution in [-0.2, 0) is 6.54 Å². The van der Waals surface area contributed by atoms with E-state index in [-0.39, 0.29) is 11.7 Å². The molecular weight excluding hydrogens is 327 g/mol. The summed E-state index contributed by atoms with van der Waals surface area (Å²) in [5, 5.41) is 7.22. The van der Waals surface area contributed by atoms with Gasteiger partial charge in [0, 0.05) is 30.7 Å². The van der Waals surface area contributed by atoms with Crippen LogP contribution in [0.4, 0.5) is 4.39 Å². The van der Waals surface area contributed by atoms with E-state index in [1.54, 1.807) is 12.1 Å². The van der Waals surface area contributed by atoms with Crippen molar-refractivity contribution in [3.63, 3.8) is 0 Å². The van der Waals surface area contributed by atoms with Gasteiger partial charge in [-0.3, -0.25) is 4.90 Å². The highest BCUT2D eigenvalue weighted by atomic mass is 79.9. The summed E-state index contributed by atoms with van der Waals surface area (Å²) in [7, 11) is 0. The second-order valence-electron chi connectivity index (χ2n) is 4.64. The SMILES string of the molecule is Fc1cccc(Br)c1-c1nc(CN2CCNCC2)no1. The van der Waals surface area contributed by atoms with Crippen LogP contribution in [0.3, 0.4) is 0 Å². The number of hydrogen-bond donors (Lipinski definition) is 1. The van der Waals surface area contributed by atoms with Gasteiger partial charge in [0.05, 0.1) is 12.1 Å². The molecule has 0 spiro atoms. The second kappa shape index (κ2) is 5.99. The molecule has 2 aromatic rings. The lowest BCUT2D eigenvalue weighted by Crippen LogP contribution is -2.43. The molecule has 20 heavy (non-hydrogen) atoms. The zero-order valence-electron chi connectivity index (χ0n) is 10.8. The summed E-state index contributed by atoms with van der Waals surface area (Å²) < 4.78 is 19.6. The molecule has 0 bridgehead atoms. The van der Waals surface area contributed by atoms with Crippen molar-refractivity contribution in [3.8, 4) is 11.5 Å². The zero-order chi connectivity index (χ0) is 13.9. The highest BCUT2D eigenvalue weighted by Crippen LogP contribution is 2.29. The van der Waals surface area contributed by atoms with E-state index in [4.69, 9.17) is 4.52 Å². The predicted octanol–water partition coefficient (Wildman–Crippen LogP) is 2.04. The Balaban J connectivity index is 1.79. The van der Waals surface area contributed by atoms with E-state index in [0.29, 0.717) is 22.4 Å². The second-order valence-corrected chi connectivity index (χ2v) is 5.49. The summed E-state index contributed by atoms with van der Waals surface area (Å²) in [5.41, 5.74) is 0.312. The highest BCUT2D eigenvalue weighted by molar-refractivity contribution is 9.10. The molecule has 0 unspecified atom stereocenters. The third-order valence-electron chi connectivity index (χ3n) is 3.22. The van der Waals surface area contributed by atoms with Crippen molar-refractivity contribution in [2.45, 2.75) is 6.54 Å². The molecule has 0 aliphatic carbocycles. The van der Waals surface area contributed by atoms with Crippen molar-refractivity contribution in [1.29, 1.82) is 0 Å². The molecule has 2 heterocycles. The van der Waals surface area contributed by atoms with Crippen LogP contribution in [0.15, 0.2) is 27.2 Å². The Bertz CT molecular complexity index is 578. The molecule has 106 valence electrons. The first-order valence-corrected chi connectivity index (χ1v) is 7.23. The Hall–Kier alpha value is -1.31. The number of benzene rings is 1. The average molecular weight is 341 g/mol. The maximum Gasteiger partial charge on any atom is 0.262 e. The molecule has 1 aromatic heterocycles. The number of piperazine rings is 1. The summed E-state index contributed by atoms with van der Waals surface area (Å²) in [6.07, 6.45) is 0. The summed E-state index contributed by atoms with van der Waals surface area (Å²) in [4.78, 5) is 6.52. The van der Waals surface area contributed by atoms with Gasteiger partial charge in [-0.15, -0.1) is 0 Å².